The van der Waals surface area contributed by atoms with Crippen LogP contribution in [0.1, 0.15) is 25.3 Å². The second-order valence-corrected chi connectivity index (χ2v) is 5.92. The second kappa shape index (κ2) is 6.35. The van der Waals surface area contributed by atoms with E-state index in [0.29, 0.717) is 6.54 Å². The van der Waals surface area contributed by atoms with Crippen molar-refractivity contribution in [2.75, 3.05) is 17.2 Å². The number of nitrogens with one attached hydrogen (secondary N) is 1. The number of amides is 1. The summed E-state index contributed by atoms with van der Waals surface area (Å²) in [5.74, 6) is -0.138. The highest BCUT2D eigenvalue weighted by Gasteiger charge is 2.35. The third kappa shape index (κ3) is 2.97. The number of anilines is 2. The molecule has 1 aromatic heterocycles. The maximum Gasteiger partial charge on any atom is 0.330 e. The molecule has 1 aliphatic carbocycles. The van der Waals surface area contributed by atoms with E-state index >= 15 is 0 Å². The fourth-order valence-electron chi connectivity index (χ4n) is 2.74. The summed E-state index contributed by atoms with van der Waals surface area (Å²) in [6.45, 7) is 2.34. The molecule has 0 atom stereocenters. The fourth-order valence-corrected chi connectivity index (χ4v) is 2.74. The number of hydrogen-bond donors (Lipinski definition) is 2. The van der Waals surface area contributed by atoms with Crippen molar-refractivity contribution in [2.45, 2.75) is 26.3 Å². The van der Waals surface area contributed by atoms with Crippen LogP contribution in [0, 0.1) is 5.92 Å². The van der Waals surface area contributed by atoms with Gasteiger partial charge in [0.05, 0.1) is 6.54 Å². The minimum atomic E-state index is -0.627. The van der Waals surface area contributed by atoms with Crippen LogP contribution in [-0.4, -0.2) is 22.0 Å². The number of rotatable bonds is 5. The van der Waals surface area contributed by atoms with E-state index < -0.39 is 11.2 Å². The molecule has 1 aromatic carbocycles. The Morgan fingerprint density at radius 2 is 1.96 bits per heavy atom. The maximum atomic E-state index is 12.4. The molecule has 7 nitrogen and oxygen atoms in total. The Labute approximate surface area is 138 Å². The smallest absolute Gasteiger partial charge is 0.330 e. The number of benzene rings is 1. The highest BCUT2D eigenvalue weighted by Crippen LogP contribution is 2.33. The predicted octanol–water partition coefficient (Wildman–Crippen LogP) is 0.930. The number of nitrogens with zero attached hydrogens (tertiary/aromatic N) is 2. The van der Waals surface area contributed by atoms with Crippen LogP contribution in [0.4, 0.5) is 11.5 Å². The summed E-state index contributed by atoms with van der Waals surface area (Å²) in [4.78, 5) is 40.5. The average Bonchev–Trinajstić information content (AvgIpc) is 3.40. The summed E-state index contributed by atoms with van der Waals surface area (Å²) in [6.07, 6.45) is 1.66. The standard InChI is InChI=1S/C17H20N4O3/c1-2-20(16(23)12-8-9-12)13-14(18)21(17(24)19-15(13)22)10-11-6-4-3-5-7-11/h3-7,12H,2,8-10,18H2,1H3,(H,19,22,24). The average molecular weight is 328 g/mol. The topological polar surface area (TPSA) is 101 Å². The molecule has 1 aliphatic rings. The third-order valence-corrected chi connectivity index (χ3v) is 4.18. The zero-order chi connectivity index (χ0) is 17.3. The normalized spacial score (nSPS) is 13.7. The first kappa shape index (κ1) is 16.0. The Morgan fingerprint density at radius 1 is 1.29 bits per heavy atom. The van der Waals surface area contributed by atoms with E-state index in [-0.39, 0.29) is 29.9 Å². The molecule has 126 valence electrons. The minimum Gasteiger partial charge on any atom is -0.383 e. The van der Waals surface area contributed by atoms with Gasteiger partial charge in [-0.1, -0.05) is 30.3 Å². The molecule has 24 heavy (non-hydrogen) atoms. The summed E-state index contributed by atoms with van der Waals surface area (Å²) in [5.41, 5.74) is 5.84. The predicted molar refractivity (Wildman–Crippen MR) is 92.0 cm³/mol. The molecule has 0 spiro atoms. The van der Waals surface area contributed by atoms with Crippen molar-refractivity contribution in [3.8, 4) is 0 Å². The molecule has 1 saturated carbocycles. The minimum absolute atomic E-state index is 0.0171. The van der Waals surface area contributed by atoms with Crippen molar-refractivity contribution in [3.05, 3.63) is 56.7 Å². The highest BCUT2D eigenvalue weighted by molar-refractivity contribution is 5.98. The molecule has 3 N–H and O–H groups in total. The van der Waals surface area contributed by atoms with Gasteiger partial charge in [-0.2, -0.15) is 0 Å². The molecular weight excluding hydrogens is 308 g/mol. The van der Waals surface area contributed by atoms with Crippen LogP contribution < -0.4 is 21.9 Å². The van der Waals surface area contributed by atoms with Gasteiger partial charge in [-0.15, -0.1) is 0 Å². The van der Waals surface area contributed by atoms with Crippen LogP contribution in [0.25, 0.3) is 0 Å². The molecule has 3 rings (SSSR count). The fraction of sp³-hybridized carbons (Fsp3) is 0.353. The van der Waals surface area contributed by atoms with Gasteiger partial charge in [0.25, 0.3) is 5.56 Å². The van der Waals surface area contributed by atoms with E-state index in [9.17, 15) is 14.4 Å². The quantitative estimate of drug-likeness (QED) is 0.852. The number of aromatic nitrogens is 2. The number of carbonyl (C=O) groups is 1. The second-order valence-electron chi connectivity index (χ2n) is 5.92. The van der Waals surface area contributed by atoms with Crippen LogP contribution >= 0.6 is 0 Å². The Kier molecular flexibility index (Phi) is 4.24. The molecule has 2 aromatic rings. The lowest BCUT2D eigenvalue weighted by molar-refractivity contribution is -0.119. The van der Waals surface area contributed by atoms with Gasteiger partial charge < -0.3 is 10.6 Å². The molecule has 0 aliphatic heterocycles. The molecule has 0 unspecified atom stereocenters. The first-order valence-electron chi connectivity index (χ1n) is 8.00. The maximum absolute atomic E-state index is 12.4. The zero-order valence-electron chi connectivity index (χ0n) is 13.5. The summed E-state index contributed by atoms with van der Waals surface area (Å²) >= 11 is 0. The molecule has 1 amide bonds. The molecule has 1 heterocycles. The lowest BCUT2D eigenvalue weighted by Gasteiger charge is -2.23. The summed E-state index contributed by atoms with van der Waals surface area (Å²) in [5, 5.41) is 0. The summed E-state index contributed by atoms with van der Waals surface area (Å²) in [7, 11) is 0. The first-order valence-corrected chi connectivity index (χ1v) is 8.00. The van der Waals surface area contributed by atoms with Gasteiger partial charge in [0, 0.05) is 12.5 Å². The van der Waals surface area contributed by atoms with Gasteiger partial charge in [0.2, 0.25) is 5.91 Å². The van der Waals surface area contributed by atoms with E-state index in [0.717, 1.165) is 18.4 Å². The number of nitrogens with two attached hydrogens (primary N) is 1. The lowest BCUT2D eigenvalue weighted by Crippen LogP contribution is -2.41. The SMILES string of the molecule is CCN(C(=O)C1CC1)c1c(N)n(Cc2ccccc2)c(=O)[nH]c1=O. The Bertz CT molecular complexity index is 866. The third-order valence-electron chi connectivity index (χ3n) is 4.18. The molecule has 0 saturated heterocycles. The van der Waals surface area contributed by atoms with E-state index in [4.69, 9.17) is 5.73 Å². The van der Waals surface area contributed by atoms with Gasteiger partial charge in [0.15, 0.2) is 5.69 Å². The molecule has 1 fully saturated rings. The van der Waals surface area contributed by atoms with Crippen LogP contribution in [0.3, 0.4) is 0 Å². The Morgan fingerprint density at radius 3 is 2.54 bits per heavy atom. The van der Waals surface area contributed by atoms with Crippen LogP contribution in [0.15, 0.2) is 39.9 Å². The van der Waals surface area contributed by atoms with Crippen LogP contribution in [0.2, 0.25) is 0 Å². The van der Waals surface area contributed by atoms with Gasteiger partial charge >= 0.3 is 5.69 Å². The number of carbonyl (C=O) groups excluding carboxylic acids is 1. The van der Waals surface area contributed by atoms with Gasteiger partial charge in [-0.3, -0.25) is 19.1 Å². The van der Waals surface area contributed by atoms with Gasteiger partial charge in [0.1, 0.15) is 5.82 Å². The van der Waals surface area contributed by atoms with E-state index in [1.54, 1.807) is 6.92 Å². The Hall–Kier alpha value is -2.83. The van der Waals surface area contributed by atoms with Gasteiger partial charge in [-0.05, 0) is 25.3 Å². The van der Waals surface area contributed by atoms with E-state index in [1.807, 2.05) is 30.3 Å². The Balaban J connectivity index is 2.06. The van der Waals surface area contributed by atoms with Crippen LogP contribution in [-0.2, 0) is 11.3 Å². The molecule has 0 radical (unpaired) electrons. The number of aromatic amines is 1. The number of nitrogen functional groups attached to an aromatic ring is 1. The molecule has 7 heteroatoms. The number of H-pyrrole nitrogens is 1. The van der Waals surface area contributed by atoms with Gasteiger partial charge in [-0.25, -0.2) is 4.79 Å². The molecule has 0 bridgehead atoms. The van der Waals surface area contributed by atoms with E-state index in [1.165, 1.54) is 9.47 Å². The largest absolute Gasteiger partial charge is 0.383 e. The summed E-state index contributed by atoms with van der Waals surface area (Å²) < 4.78 is 1.29. The van der Waals surface area contributed by atoms with Crippen molar-refractivity contribution < 1.29 is 4.79 Å². The van der Waals surface area contributed by atoms with Crippen molar-refractivity contribution in [3.63, 3.8) is 0 Å². The van der Waals surface area contributed by atoms with Crippen molar-refractivity contribution >= 4 is 17.4 Å². The first-order chi connectivity index (χ1) is 11.5. The molecular formula is C17H20N4O3. The highest BCUT2D eigenvalue weighted by atomic mass is 16.2. The van der Waals surface area contributed by atoms with Crippen LogP contribution in [0.5, 0.6) is 0 Å². The van der Waals surface area contributed by atoms with Crippen molar-refractivity contribution in [1.29, 1.82) is 0 Å². The number of hydrogen-bond acceptors (Lipinski definition) is 4. The monoisotopic (exact) mass is 328 g/mol. The van der Waals surface area contributed by atoms with E-state index in [2.05, 4.69) is 4.98 Å². The zero-order valence-corrected chi connectivity index (χ0v) is 13.5. The van der Waals surface area contributed by atoms with Crippen molar-refractivity contribution in [1.82, 2.24) is 9.55 Å². The lowest BCUT2D eigenvalue weighted by atomic mass is 10.2. The van der Waals surface area contributed by atoms with Crippen molar-refractivity contribution in [2.24, 2.45) is 5.92 Å². The summed E-state index contributed by atoms with van der Waals surface area (Å²) in [6, 6.07) is 9.32.